The van der Waals surface area contributed by atoms with Gasteiger partial charge in [0.2, 0.25) is 10.0 Å². The molecule has 3 aliphatic rings. The predicted molar refractivity (Wildman–Crippen MR) is 111 cm³/mol. The molecule has 0 aliphatic carbocycles. The van der Waals surface area contributed by atoms with Crippen molar-refractivity contribution >= 4 is 27.3 Å². The first-order valence-electron chi connectivity index (χ1n) is 10.3. The zero-order valence-corrected chi connectivity index (χ0v) is 17.7. The molecular weight excluding hydrogens is 404 g/mol. The summed E-state index contributed by atoms with van der Waals surface area (Å²) in [6.45, 7) is 3.71. The van der Waals surface area contributed by atoms with Crippen molar-refractivity contribution in [3.63, 3.8) is 0 Å². The van der Waals surface area contributed by atoms with Crippen molar-refractivity contribution in [2.75, 3.05) is 31.2 Å². The third-order valence-electron chi connectivity index (χ3n) is 6.01. The Hall–Kier alpha value is -2.26. The Bertz CT molecular complexity index is 1100. The summed E-state index contributed by atoms with van der Waals surface area (Å²) in [4.78, 5) is 15.4. The zero-order valence-electron chi connectivity index (χ0n) is 16.8. The SMILES string of the molecule is Cc1ccccc1N1C(=O)C2(OCCCO2)c2cc(S(=O)(=O)N3CCCC3)ccc21. The summed E-state index contributed by atoms with van der Waals surface area (Å²) in [7, 11) is -3.63. The molecule has 0 aromatic heterocycles. The summed E-state index contributed by atoms with van der Waals surface area (Å²) in [5.41, 5.74) is 2.71. The Morgan fingerprint density at radius 1 is 0.933 bits per heavy atom. The first kappa shape index (κ1) is 19.7. The highest BCUT2D eigenvalue weighted by molar-refractivity contribution is 7.89. The number of ether oxygens (including phenoxy) is 2. The molecule has 0 unspecified atom stereocenters. The monoisotopic (exact) mass is 428 g/mol. The summed E-state index contributed by atoms with van der Waals surface area (Å²) in [6.07, 6.45) is 2.40. The van der Waals surface area contributed by atoms with Crippen LogP contribution in [0.4, 0.5) is 11.4 Å². The van der Waals surface area contributed by atoms with E-state index in [1.807, 2.05) is 31.2 Å². The molecule has 0 saturated carbocycles. The number of para-hydroxylation sites is 1. The zero-order chi connectivity index (χ0) is 20.9. The lowest BCUT2D eigenvalue weighted by atomic mass is 10.1. The van der Waals surface area contributed by atoms with E-state index in [1.54, 1.807) is 23.1 Å². The first-order chi connectivity index (χ1) is 14.4. The lowest BCUT2D eigenvalue weighted by Crippen LogP contribution is -2.46. The van der Waals surface area contributed by atoms with Crippen molar-refractivity contribution in [3.05, 3.63) is 53.6 Å². The number of hydrogen-bond donors (Lipinski definition) is 0. The van der Waals surface area contributed by atoms with Crippen molar-refractivity contribution in [1.82, 2.24) is 4.31 Å². The number of carbonyl (C=O) groups excluding carboxylic acids is 1. The largest absolute Gasteiger partial charge is 0.338 e. The summed E-state index contributed by atoms with van der Waals surface area (Å²) in [6, 6.07) is 12.4. The van der Waals surface area contributed by atoms with Crippen molar-refractivity contribution in [2.45, 2.75) is 36.9 Å². The molecule has 30 heavy (non-hydrogen) atoms. The lowest BCUT2D eigenvalue weighted by Gasteiger charge is -2.32. The van der Waals surface area contributed by atoms with E-state index in [4.69, 9.17) is 9.47 Å². The molecular formula is C22H24N2O5S. The van der Waals surface area contributed by atoms with E-state index in [1.165, 1.54) is 4.31 Å². The average Bonchev–Trinajstić information content (AvgIpc) is 3.37. The van der Waals surface area contributed by atoms with Crippen LogP contribution in [0.15, 0.2) is 47.4 Å². The molecule has 0 N–H and O–H groups in total. The molecule has 2 aromatic carbocycles. The number of nitrogens with zero attached hydrogens (tertiary/aromatic N) is 2. The van der Waals surface area contributed by atoms with Gasteiger partial charge < -0.3 is 9.47 Å². The van der Waals surface area contributed by atoms with E-state index < -0.39 is 15.8 Å². The second kappa shape index (κ2) is 7.16. The van der Waals surface area contributed by atoms with Gasteiger partial charge in [-0.05, 0) is 56.0 Å². The number of rotatable bonds is 3. The van der Waals surface area contributed by atoms with Gasteiger partial charge in [0.15, 0.2) is 0 Å². The molecule has 1 spiro atoms. The highest BCUT2D eigenvalue weighted by Crippen LogP contribution is 2.49. The molecule has 2 saturated heterocycles. The fraction of sp³-hybridized carbons (Fsp3) is 0.409. The van der Waals surface area contributed by atoms with Crippen LogP contribution >= 0.6 is 0 Å². The molecule has 5 rings (SSSR count). The number of anilines is 2. The molecule has 0 bridgehead atoms. The van der Waals surface area contributed by atoms with Gasteiger partial charge in [-0.3, -0.25) is 9.69 Å². The number of benzene rings is 2. The van der Waals surface area contributed by atoms with Crippen LogP contribution in [0.5, 0.6) is 0 Å². The van der Waals surface area contributed by atoms with Crippen LogP contribution < -0.4 is 4.90 Å². The van der Waals surface area contributed by atoms with Crippen LogP contribution in [0, 0.1) is 6.92 Å². The van der Waals surface area contributed by atoms with E-state index in [9.17, 15) is 13.2 Å². The molecule has 0 atom stereocenters. The minimum Gasteiger partial charge on any atom is -0.338 e. The fourth-order valence-corrected chi connectivity index (χ4v) is 5.99. The maximum absolute atomic E-state index is 13.6. The Morgan fingerprint density at radius 2 is 1.63 bits per heavy atom. The summed E-state index contributed by atoms with van der Waals surface area (Å²) in [5, 5.41) is 0. The molecule has 7 nitrogen and oxygen atoms in total. The van der Waals surface area contributed by atoms with Crippen LogP contribution in [0.25, 0.3) is 0 Å². The van der Waals surface area contributed by atoms with Gasteiger partial charge in [0.1, 0.15) is 0 Å². The molecule has 8 heteroatoms. The van der Waals surface area contributed by atoms with Gasteiger partial charge in [-0.25, -0.2) is 8.42 Å². The minimum atomic E-state index is -3.63. The number of aryl methyl sites for hydroxylation is 1. The minimum absolute atomic E-state index is 0.166. The van der Waals surface area contributed by atoms with E-state index in [0.717, 1.165) is 24.1 Å². The molecule has 0 radical (unpaired) electrons. The molecule has 3 aliphatic heterocycles. The van der Waals surface area contributed by atoms with Gasteiger partial charge in [0, 0.05) is 18.7 Å². The Morgan fingerprint density at radius 3 is 2.33 bits per heavy atom. The molecule has 3 heterocycles. The van der Waals surface area contributed by atoms with Crippen LogP contribution in [0.1, 0.15) is 30.4 Å². The van der Waals surface area contributed by atoms with Gasteiger partial charge in [0.05, 0.1) is 29.5 Å². The highest BCUT2D eigenvalue weighted by atomic mass is 32.2. The van der Waals surface area contributed by atoms with Crippen molar-refractivity contribution in [1.29, 1.82) is 0 Å². The number of amides is 1. The fourth-order valence-electron chi connectivity index (χ4n) is 4.45. The lowest BCUT2D eigenvalue weighted by molar-refractivity contribution is -0.256. The van der Waals surface area contributed by atoms with E-state index in [2.05, 4.69) is 0 Å². The average molecular weight is 429 g/mol. The van der Waals surface area contributed by atoms with Crippen LogP contribution in [-0.4, -0.2) is 44.9 Å². The molecule has 2 fully saturated rings. The molecule has 1 amide bonds. The molecule has 158 valence electrons. The summed E-state index contributed by atoms with van der Waals surface area (Å²) in [5.74, 6) is -1.95. The second-order valence-electron chi connectivity index (χ2n) is 7.88. The van der Waals surface area contributed by atoms with Gasteiger partial charge in [0.25, 0.3) is 11.7 Å². The number of carbonyl (C=O) groups is 1. The summed E-state index contributed by atoms with van der Waals surface area (Å²) >= 11 is 0. The summed E-state index contributed by atoms with van der Waals surface area (Å²) < 4.78 is 39.6. The third-order valence-corrected chi connectivity index (χ3v) is 7.90. The Labute approximate surface area is 176 Å². The first-order valence-corrected chi connectivity index (χ1v) is 11.7. The standard InChI is InChI=1S/C22H24N2O5S/c1-16-7-2-3-8-19(16)24-20-10-9-17(30(26,27)23-11-4-5-12-23)15-18(20)22(21(24)25)28-13-6-14-29-22/h2-3,7-10,15H,4-6,11-14H2,1H3. The van der Waals surface area contributed by atoms with Crippen LogP contribution in [-0.2, 0) is 30.1 Å². The van der Waals surface area contributed by atoms with Crippen LogP contribution in [0.3, 0.4) is 0 Å². The second-order valence-corrected chi connectivity index (χ2v) is 9.82. The maximum atomic E-state index is 13.6. The Kier molecular flexibility index (Phi) is 4.70. The van der Waals surface area contributed by atoms with E-state index in [0.29, 0.717) is 44.0 Å². The third kappa shape index (κ3) is 2.82. The Balaban J connectivity index is 1.68. The quantitative estimate of drug-likeness (QED) is 0.751. The number of hydrogen-bond acceptors (Lipinski definition) is 5. The smallest absolute Gasteiger partial charge is 0.297 e. The topological polar surface area (TPSA) is 76.1 Å². The predicted octanol–water partition coefficient (Wildman–Crippen LogP) is 3.05. The van der Waals surface area contributed by atoms with Gasteiger partial charge in [-0.1, -0.05) is 18.2 Å². The number of sulfonamides is 1. The van der Waals surface area contributed by atoms with E-state index >= 15 is 0 Å². The highest BCUT2D eigenvalue weighted by Gasteiger charge is 2.56. The van der Waals surface area contributed by atoms with Crippen LogP contribution in [0.2, 0.25) is 0 Å². The molecule has 2 aromatic rings. The van der Waals surface area contributed by atoms with Gasteiger partial charge in [-0.15, -0.1) is 0 Å². The van der Waals surface area contributed by atoms with E-state index in [-0.39, 0.29) is 10.8 Å². The normalized spacial score (nSPS) is 21.4. The maximum Gasteiger partial charge on any atom is 0.297 e. The van der Waals surface area contributed by atoms with Crippen molar-refractivity contribution in [3.8, 4) is 0 Å². The number of fused-ring (bicyclic) bond motifs is 2. The van der Waals surface area contributed by atoms with Crippen molar-refractivity contribution < 1.29 is 22.7 Å². The van der Waals surface area contributed by atoms with Gasteiger partial charge in [-0.2, -0.15) is 4.31 Å². The van der Waals surface area contributed by atoms with Gasteiger partial charge >= 0.3 is 0 Å². The van der Waals surface area contributed by atoms with Crippen molar-refractivity contribution in [2.24, 2.45) is 0 Å².